The second kappa shape index (κ2) is 8.74. The van der Waals surface area contributed by atoms with Gasteiger partial charge in [0.25, 0.3) is 0 Å². The van der Waals surface area contributed by atoms with E-state index >= 15 is 0 Å². The zero-order valence-corrected chi connectivity index (χ0v) is 16.0. The Labute approximate surface area is 150 Å². The second-order valence-corrected chi connectivity index (χ2v) is 7.02. The van der Waals surface area contributed by atoms with Crippen LogP contribution in [0.1, 0.15) is 45.7 Å². The summed E-state index contributed by atoms with van der Waals surface area (Å²) in [4.78, 5) is 25.6. The van der Waals surface area contributed by atoms with E-state index < -0.39 is 23.7 Å². The van der Waals surface area contributed by atoms with Crippen LogP contribution in [0.2, 0.25) is 0 Å². The number of hydrogen-bond acceptors (Lipinski definition) is 4. The number of benzene rings is 1. The van der Waals surface area contributed by atoms with Crippen LogP contribution >= 0.6 is 0 Å². The molecular formula is C19H30N2O4. The molecule has 0 radical (unpaired) electrons. The first-order valence-corrected chi connectivity index (χ1v) is 8.64. The molecule has 1 rings (SSSR count). The summed E-state index contributed by atoms with van der Waals surface area (Å²) in [5.41, 5.74) is 2.33. The minimum Gasteiger partial charge on any atom is -0.480 e. The van der Waals surface area contributed by atoms with E-state index in [1.807, 2.05) is 19.1 Å². The Morgan fingerprint density at radius 3 is 2.28 bits per heavy atom. The number of carboxylic acid groups (broad SMARTS) is 1. The number of aryl methyl sites for hydroxylation is 1. The van der Waals surface area contributed by atoms with Crippen LogP contribution < -0.4 is 10.2 Å². The average Bonchev–Trinajstić information content (AvgIpc) is 2.48. The molecule has 0 spiro atoms. The zero-order chi connectivity index (χ0) is 19.2. The fourth-order valence-electron chi connectivity index (χ4n) is 2.56. The number of anilines is 1. The van der Waals surface area contributed by atoms with Crippen molar-refractivity contribution >= 4 is 17.7 Å². The van der Waals surface area contributed by atoms with Crippen molar-refractivity contribution in [1.29, 1.82) is 0 Å². The van der Waals surface area contributed by atoms with Crippen molar-refractivity contribution in [3.05, 3.63) is 29.3 Å². The van der Waals surface area contributed by atoms with Gasteiger partial charge in [-0.15, -0.1) is 0 Å². The number of carbonyl (C=O) groups excluding carboxylic acids is 1. The third-order valence-corrected chi connectivity index (χ3v) is 3.87. The molecule has 0 heterocycles. The highest BCUT2D eigenvalue weighted by Gasteiger charge is 2.24. The van der Waals surface area contributed by atoms with Gasteiger partial charge in [0.1, 0.15) is 11.6 Å². The number of nitrogens with one attached hydrogen (secondary N) is 1. The molecule has 0 bridgehead atoms. The minimum absolute atomic E-state index is 0.207. The van der Waals surface area contributed by atoms with Gasteiger partial charge in [-0.25, -0.2) is 9.59 Å². The van der Waals surface area contributed by atoms with E-state index in [0.29, 0.717) is 0 Å². The van der Waals surface area contributed by atoms with Crippen molar-refractivity contribution < 1.29 is 19.4 Å². The summed E-state index contributed by atoms with van der Waals surface area (Å²) in [7, 11) is 0. The van der Waals surface area contributed by atoms with Crippen LogP contribution in [0, 0.1) is 6.92 Å². The van der Waals surface area contributed by atoms with Crippen LogP contribution in [0.25, 0.3) is 0 Å². The maximum atomic E-state index is 11.9. The van der Waals surface area contributed by atoms with Gasteiger partial charge < -0.3 is 20.1 Å². The van der Waals surface area contributed by atoms with Crippen LogP contribution in [-0.2, 0) is 16.0 Å². The molecule has 1 aromatic rings. The summed E-state index contributed by atoms with van der Waals surface area (Å²) in [6.07, 6.45) is -0.517. The topological polar surface area (TPSA) is 78.9 Å². The van der Waals surface area contributed by atoms with Crippen molar-refractivity contribution in [2.75, 3.05) is 18.0 Å². The summed E-state index contributed by atoms with van der Waals surface area (Å²) in [5.74, 6) is -1.09. The SMILES string of the molecule is CCN(CC)c1ccc(CC(NC(=O)OC(C)(C)C)C(=O)O)c(C)c1. The Morgan fingerprint density at radius 2 is 1.84 bits per heavy atom. The highest BCUT2D eigenvalue weighted by atomic mass is 16.6. The van der Waals surface area contributed by atoms with Crippen molar-refractivity contribution in [3.8, 4) is 0 Å². The lowest BCUT2D eigenvalue weighted by Crippen LogP contribution is -2.44. The molecule has 1 amide bonds. The van der Waals surface area contributed by atoms with Gasteiger partial charge in [0.2, 0.25) is 0 Å². The molecule has 1 aromatic carbocycles. The van der Waals surface area contributed by atoms with Crippen LogP contribution in [-0.4, -0.2) is 41.9 Å². The van der Waals surface area contributed by atoms with Gasteiger partial charge in [-0.3, -0.25) is 0 Å². The molecule has 25 heavy (non-hydrogen) atoms. The number of carbonyl (C=O) groups is 2. The number of nitrogens with zero attached hydrogens (tertiary/aromatic N) is 1. The minimum atomic E-state index is -1.09. The average molecular weight is 350 g/mol. The van der Waals surface area contributed by atoms with E-state index in [4.69, 9.17) is 4.74 Å². The number of alkyl carbamates (subject to hydrolysis) is 1. The molecule has 140 valence electrons. The Morgan fingerprint density at radius 1 is 1.24 bits per heavy atom. The van der Waals surface area contributed by atoms with Gasteiger partial charge in [-0.2, -0.15) is 0 Å². The van der Waals surface area contributed by atoms with E-state index in [1.54, 1.807) is 20.8 Å². The molecule has 0 saturated carbocycles. The van der Waals surface area contributed by atoms with E-state index in [0.717, 1.165) is 29.9 Å². The number of carboxylic acids is 1. The summed E-state index contributed by atoms with van der Waals surface area (Å²) < 4.78 is 5.15. The van der Waals surface area contributed by atoms with Gasteiger partial charge in [0.05, 0.1) is 0 Å². The monoisotopic (exact) mass is 350 g/mol. The third-order valence-electron chi connectivity index (χ3n) is 3.87. The standard InChI is InChI=1S/C19H30N2O4/c1-7-21(8-2)15-10-9-14(13(3)11-15)12-16(17(22)23)20-18(24)25-19(4,5)6/h9-11,16H,7-8,12H2,1-6H3,(H,20,24)(H,22,23). The predicted molar refractivity (Wildman–Crippen MR) is 99.2 cm³/mol. The first kappa shape index (κ1) is 20.8. The highest BCUT2D eigenvalue weighted by molar-refractivity contribution is 5.80. The molecule has 0 aromatic heterocycles. The quantitative estimate of drug-likeness (QED) is 0.788. The third kappa shape index (κ3) is 6.64. The summed E-state index contributed by atoms with van der Waals surface area (Å²) in [6, 6.07) is 4.93. The van der Waals surface area contributed by atoms with Crippen molar-refractivity contribution in [3.63, 3.8) is 0 Å². The van der Waals surface area contributed by atoms with Crippen molar-refractivity contribution in [2.24, 2.45) is 0 Å². The predicted octanol–water partition coefficient (Wildman–Crippen LogP) is 3.36. The molecular weight excluding hydrogens is 320 g/mol. The Hall–Kier alpha value is -2.24. The molecule has 6 nitrogen and oxygen atoms in total. The smallest absolute Gasteiger partial charge is 0.408 e. The molecule has 1 atom stereocenters. The van der Waals surface area contributed by atoms with Crippen LogP contribution in [0.3, 0.4) is 0 Å². The maximum Gasteiger partial charge on any atom is 0.408 e. The highest BCUT2D eigenvalue weighted by Crippen LogP contribution is 2.20. The van der Waals surface area contributed by atoms with Crippen LogP contribution in [0.5, 0.6) is 0 Å². The summed E-state index contributed by atoms with van der Waals surface area (Å²) in [5, 5.41) is 11.9. The molecule has 0 fully saturated rings. The lowest BCUT2D eigenvalue weighted by atomic mass is 10.00. The van der Waals surface area contributed by atoms with Crippen LogP contribution in [0.15, 0.2) is 18.2 Å². The first-order valence-electron chi connectivity index (χ1n) is 8.64. The van der Waals surface area contributed by atoms with E-state index in [1.165, 1.54) is 0 Å². The van der Waals surface area contributed by atoms with E-state index in [9.17, 15) is 14.7 Å². The summed E-state index contributed by atoms with van der Waals surface area (Å²) >= 11 is 0. The lowest BCUT2D eigenvalue weighted by molar-refractivity contribution is -0.139. The van der Waals surface area contributed by atoms with E-state index in [-0.39, 0.29) is 6.42 Å². The van der Waals surface area contributed by atoms with Crippen molar-refractivity contribution in [1.82, 2.24) is 5.32 Å². The fraction of sp³-hybridized carbons (Fsp3) is 0.579. The maximum absolute atomic E-state index is 11.9. The fourth-order valence-corrected chi connectivity index (χ4v) is 2.56. The summed E-state index contributed by atoms with van der Waals surface area (Å²) in [6.45, 7) is 13.2. The van der Waals surface area contributed by atoms with Crippen LogP contribution in [0.4, 0.5) is 10.5 Å². The zero-order valence-electron chi connectivity index (χ0n) is 16.0. The van der Waals surface area contributed by atoms with Crippen molar-refractivity contribution in [2.45, 2.75) is 59.6 Å². The Balaban J connectivity index is 2.88. The van der Waals surface area contributed by atoms with Gasteiger partial charge in [-0.1, -0.05) is 6.07 Å². The molecule has 2 N–H and O–H groups in total. The van der Waals surface area contributed by atoms with Gasteiger partial charge in [-0.05, 0) is 64.8 Å². The molecule has 0 aliphatic rings. The van der Waals surface area contributed by atoms with Gasteiger partial charge >= 0.3 is 12.1 Å². The molecule has 6 heteroatoms. The molecule has 0 aliphatic carbocycles. The molecule has 0 aliphatic heterocycles. The number of amides is 1. The molecule has 0 saturated heterocycles. The number of ether oxygens (including phenoxy) is 1. The molecule has 1 unspecified atom stereocenters. The Kier molecular flexibility index (Phi) is 7.27. The normalized spacial score (nSPS) is 12.4. The first-order chi connectivity index (χ1) is 11.6. The lowest BCUT2D eigenvalue weighted by Gasteiger charge is -2.24. The number of rotatable bonds is 7. The largest absolute Gasteiger partial charge is 0.480 e. The van der Waals surface area contributed by atoms with Gasteiger partial charge in [0.15, 0.2) is 0 Å². The van der Waals surface area contributed by atoms with Gasteiger partial charge in [0, 0.05) is 25.2 Å². The van der Waals surface area contributed by atoms with E-state index in [2.05, 4.69) is 30.1 Å². The number of hydrogen-bond donors (Lipinski definition) is 2. The number of aliphatic carboxylic acids is 1. The Bertz CT molecular complexity index is 604. The second-order valence-electron chi connectivity index (χ2n) is 7.02.